The van der Waals surface area contributed by atoms with E-state index < -0.39 is 77.8 Å². The van der Waals surface area contributed by atoms with Gasteiger partial charge in [-0.05, 0) is 107 Å². The third kappa shape index (κ3) is 14.7. The fourth-order valence-corrected chi connectivity index (χ4v) is 11.0. The first-order valence-corrected chi connectivity index (χ1v) is 25.8. The summed E-state index contributed by atoms with van der Waals surface area (Å²) in [6, 6.07) is -1.26. The molecular weight excluding hydrogens is 913 g/mol. The predicted molar refractivity (Wildman–Crippen MR) is 264 cm³/mol. The standard InChI is InChI=1S/C54H82N4O13/c1-32-16-12-11-13-17-33(2)45(67-8)28-41-21-19-38(7)54(66,71-41)51(63)52(64)57-23-15-14-18-43(57)53(65)70-46(29-44(60)34(3)25-37(6)49(62)50(69-10)48(61)36(5)24-32)35(4)26-39-20-22-42(47(27-39)68-9)58-30-40(31-59)55-56-58/h11-13,16-17,25,30,32,34-36,38-39,41-43,45-47,49-50,59,62,66H,14-15,18-24,26-29,31H2,1-10H3/b13-11?,16-12+,33-17?,37-25+/t32-,34-,35-,36-,38-,39+,41+,42+,43+,45+,46+,47-,49-,50+,54-/m1/s1. The third-order valence-corrected chi connectivity index (χ3v) is 15.5. The Bertz CT molecular complexity index is 2100. The normalized spacial score (nSPS) is 36.8. The van der Waals surface area contributed by atoms with Crippen molar-refractivity contribution in [1.82, 2.24) is 19.9 Å². The van der Waals surface area contributed by atoms with Crippen LogP contribution in [0.5, 0.6) is 0 Å². The number of hydrogen-bond acceptors (Lipinski definition) is 15. The van der Waals surface area contributed by atoms with Crippen molar-refractivity contribution in [2.24, 2.45) is 35.5 Å². The summed E-state index contributed by atoms with van der Waals surface area (Å²) in [6.45, 7) is 12.5. The lowest BCUT2D eigenvalue weighted by atomic mass is 9.77. The Balaban J connectivity index is 1.46. The zero-order chi connectivity index (χ0) is 52.2. The summed E-state index contributed by atoms with van der Waals surface area (Å²) >= 11 is 0. The maximum absolute atomic E-state index is 14.5. The van der Waals surface area contributed by atoms with Crippen LogP contribution in [0.25, 0.3) is 0 Å². The molecule has 396 valence electrons. The monoisotopic (exact) mass is 995 g/mol. The molecular formula is C54H82N4O13. The largest absolute Gasteiger partial charge is 0.460 e. The third-order valence-electron chi connectivity index (χ3n) is 15.5. The van der Waals surface area contributed by atoms with Crippen molar-refractivity contribution >= 4 is 29.2 Å². The lowest BCUT2D eigenvalue weighted by Gasteiger charge is -2.42. The van der Waals surface area contributed by atoms with Crippen LogP contribution in [0.3, 0.4) is 0 Å². The van der Waals surface area contributed by atoms with Gasteiger partial charge in [0.15, 0.2) is 5.78 Å². The number of esters is 1. The van der Waals surface area contributed by atoms with E-state index in [-0.39, 0.29) is 67.5 Å². The van der Waals surface area contributed by atoms with Gasteiger partial charge >= 0.3 is 5.97 Å². The van der Waals surface area contributed by atoms with Crippen LogP contribution in [0.4, 0.5) is 0 Å². The van der Waals surface area contributed by atoms with E-state index in [9.17, 15) is 39.3 Å². The van der Waals surface area contributed by atoms with E-state index >= 15 is 0 Å². The second-order valence-electron chi connectivity index (χ2n) is 20.9. The number of allylic oxidation sites excluding steroid dienone is 6. The van der Waals surface area contributed by atoms with Crippen LogP contribution in [0.1, 0.15) is 137 Å². The van der Waals surface area contributed by atoms with E-state index in [2.05, 4.69) is 10.3 Å². The SMILES string of the molecule is CO[C@H]1C[C@@H]2CC[C@@H](C)[C@@](O)(O2)C(=O)C(=O)N2CCCC[C@H]2C(=O)O[C@H]([C@H](C)C[C@@H]2CC[C@H](n3cc(CO)nn3)[C@H](OC)C2)CC(=O)[C@H](C)/C=C(\C)[C@@H](O)[C@@H](OC)C(=O)[C@H](C)C[C@H](C)/C=C/C=CC=C1C. The van der Waals surface area contributed by atoms with Crippen molar-refractivity contribution in [2.75, 3.05) is 27.9 Å². The number of amides is 1. The number of piperidine rings is 1. The molecule has 3 aliphatic heterocycles. The number of ether oxygens (including phenoxy) is 5. The van der Waals surface area contributed by atoms with Crippen LogP contribution < -0.4 is 0 Å². The molecule has 2 saturated heterocycles. The van der Waals surface area contributed by atoms with Crippen molar-refractivity contribution < 1.29 is 63.0 Å². The molecule has 0 aromatic carbocycles. The maximum atomic E-state index is 14.5. The number of Topliss-reactive ketones (excluding diaryl/α,β-unsaturated/α-hetero) is 3. The van der Waals surface area contributed by atoms with Gasteiger partial charge in [-0.3, -0.25) is 19.2 Å². The molecule has 17 heteroatoms. The molecule has 0 radical (unpaired) electrons. The number of aliphatic hydroxyl groups excluding tert-OH is 2. The Hall–Kier alpha value is -4.23. The zero-order valence-corrected chi connectivity index (χ0v) is 43.7. The van der Waals surface area contributed by atoms with Crippen molar-refractivity contribution in [1.29, 1.82) is 0 Å². The fraction of sp³-hybridized carbons (Fsp3) is 0.722. The van der Waals surface area contributed by atoms with E-state index in [0.29, 0.717) is 69.1 Å². The summed E-state index contributed by atoms with van der Waals surface area (Å²) in [5.74, 6) is -8.07. The molecule has 1 aliphatic carbocycles. The summed E-state index contributed by atoms with van der Waals surface area (Å²) in [6.07, 6.45) is 13.7. The first kappa shape index (κ1) is 57.7. The van der Waals surface area contributed by atoms with Gasteiger partial charge in [-0.1, -0.05) is 76.3 Å². The molecule has 15 atom stereocenters. The summed E-state index contributed by atoms with van der Waals surface area (Å²) in [5, 5.41) is 41.4. The molecule has 3 N–H and O–H groups in total. The van der Waals surface area contributed by atoms with Gasteiger partial charge in [-0.25, -0.2) is 9.48 Å². The molecule has 1 amide bonds. The second-order valence-corrected chi connectivity index (χ2v) is 20.9. The molecule has 3 fully saturated rings. The van der Waals surface area contributed by atoms with Gasteiger partial charge in [-0.15, -0.1) is 5.10 Å². The quantitative estimate of drug-likeness (QED) is 0.151. The first-order valence-electron chi connectivity index (χ1n) is 25.8. The van der Waals surface area contributed by atoms with Crippen molar-refractivity contribution in [3.05, 3.63) is 59.5 Å². The molecule has 17 nitrogen and oxygen atoms in total. The van der Waals surface area contributed by atoms with Crippen LogP contribution in [-0.2, 0) is 54.3 Å². The number of aliphatic hydroxyl groups is 3. The number of nitrogens with zero attached hydrogens (tertiary/aromatic N) is 4. The number of ketones is 3. The number of methoxy groups -OCH3 is 3. The molecule has 71 heavy (non-hydrogen) atoms. The number of carbonyl (C=O) groups is 5. The Morgan fingerprint density at radius 1 is 0.887 bits per heavy atom. The van der Waals surface area contributed by atoms with Gasteiger partial charge in [0.1, 0.15) is 35.8 Å². The zero-order valence-electron chi connectivity index (χ0n) is 43.7. The number of carbonyl (C=O) groups excluding carboxylic acids is 5. The van der Waals surface area contributed by atoms with Crippen molar-refractivity contribution in [3.63, 3.8) is 0 Å². The smallest absolute Gasteiger partial charge is 0.329 e. The lowest BCUT2D eigenvalue weighted by Crippen LogP contribution is -2.61. The Morgan fingerprint density at radius 3 is 2.31 bits per heavy atom. The van der Waals surface area contributed by atoms with Crippen LogP contribution in [0.15, 0.2) is 53.8 Å². The summed E-state index contributed by atoms with van der Waals surface area (Å²) < 4.78 is 31.7. The van der Waals surface area contributed by atoms with Gasteiger partial charge in [0.05, 0.1) is 37.2 Å². The van der Waals surface area contributed by atoms with E-state index in [1.807, 2.05) is 58.1 Å². The topological polar surface area (TPSA) is 226 Å². The molecule has 5 rings (SSSR count). The number of rotatable bonds is 8. The molecule has 4 heterocycles. The van der Waals surface area contributed by atoms with Gasteiger partial charge in [0.2, 0.25) is 5.79 Å². The minimum atomic E-state index is -2.44. The summed E-state index contributed by atoms with van der Waals surface area (Å²) in [7, 11) is 4.60. The van der Waals surface area contributed by atoms with Gasteiger partial charge < -0.3 is 43.9 Å². The van der Waals surface area contributed by atoms with Crippen molar-refractivity contribution in [3.8, 4) is 0 Å². The van der Waals surface area contributed by atoms with E-state index in [4.69, 9.17) is 23.7 Å². The van der Waals surface area contributed by atoms with Gasteiger partial charge in [-0.2, -0.15) is 0 Å². The van der Waals surface area contributed by atoms with Gasteiger partial charge in [0.25, 0.3) is 11.7 Å². The Kier molecular flexibility index (Phi) is 21.6. The Morgan fingerprint density at radius 2 is 1.63 bits per heavy atom. The summed E-state index contributed by atoms with van der Waals surface area (Å²) in [4.78, 5) is 72.5. The number of cyclic esters (lactones) is 1. The average Bonchev–Trinajstić information content (AvgIpc) is 3.84. The lowest BCUT2D eigenvalue weighted by molar-refractivity contribution is -0.265. The summed E-state index contributed by atoms with van der Waals surface area (Å²) in [5.41, 5.74) is 1.72. The molecule has 1 aromatic rings. The number of fused-ring (bicyclic) bond motifs is 3. The molecule has 1 aromatic heterocycles. The van der Waals surface area contributed by atoms with Crippen molar-refractivity contribution in [2.45, 2.75) is 187 Å². The highest BCUT2D eigenvalue weighted by atomic mass is 16.6. The highest BCUT2D eigenvalue weighted by Crippen LogP contribution is 2.40. The second kappa shape index (κ2) is 26.6. The predicted octanol–water partition coefficient (Wildman–Crippen LogP) is 6.14. The first-order chi connectivity index (χ1) is 33.8. The van der Waals surface area contributed by atoms with Crippen LogP contribution in [0, 0.1) is 35.5 Å². The minimum Gasteiger partial charge on any atom is -0.460 e. The van der Waals surface area contributed by atoms with E-state index in [0.717, 1.165) is 12.0 Å². The van der Waals surface area contributed by atoms with Crippen LogP contribution in [-0.4, -0.2) is 141 Å². The highest BCUT2D eigenvalue weighted by Gasteiger charge is 2.53. The van der Waals surface area contributed by atoms with Crippen LogP contribution in [0.2, 0.25) is 0 Å². The number of hydrogen-bond donors (Lipinski definition) is 3. The highest BCUT2D eigenvalue weighted by molar-refractivity contribution is 6.39. The minimum absolute atomic E-state index is 0.0109. The fourth-order valence-electron chi connectivity index (χ4n) is 11.0. The molecule has 0 unspecified atom stereocenters. The molecule has 0 spiro atoms. The number of aromatic nitrogens is 3. The van der Waals surface area contributed by atoms with Gasteiger partial charge in [0, 0.05) is 58.5 Å². The molecule has 4 aliphatic rings. The average molecular weight is 995 g/mol. The van der Waals surface area contributed by atoms with E-state index in [1.165, 1.54) is 12.0 Å². The molecule has 2 bridgehead atoms. The maximum Gasteiger partial charge on any atom is 0.329 e. The Labute approximate surface area is 420 Å². The van der Waals surface area contributed by atoms with E-state index in [1.54, 1.807) is 51.9 Å². The molecule has 1 saturated carbocycles. The van der Waals surface area contributed by atoms with Crippen LogP contribution >= 0.6 is 0 Å².